The molecule has 1 N–H and O–H groups in total. The van der Waals surface area contributed by atoms with Gasteiger partial charge in [0.25, 0.3) is 0 Å². The Morgan fingerprint density at radius 3 is 2.42 bits per heavy atom. The molecular weight excluding hydrogens is 324 g/mol. The molecule has 3 aromatic rings. The van der Waals surface area contributed by atoms with E-state index in [9.17, 15) is 9.59 Å². The summed E-state index contributed by atoms with van der Waals surface area (Å²) in [5, 5.41) is 0.986. The monoisotopic (exact) mass is 346 g/mol. The molecule has 26 heavy (non-hydrogen) atoms. The molecule has 0 bridgehead atoms. The van der Waals surface area contributed by atoms with Gasteiger partial charge < -0.3 is 9.88 Å². The number of hydrogen-bond acceptors (Lipinski definition) is 2. The average molecular weight is 346 g/mol. The molecular formula is C22H22N2O2. The number of hydrogen-bond donors (Lipinski definition) is 1. The third-order valence-corrected chi connectivity index (χ3v) is 5.27. The van der Waals surface area contributed by atoms with Crippen LogP contribution in [-0.2, 0) is 11.2 Å². The molecule has 1 fully saturated rings. The van der Waals surface area contributed by atoms with E-state index < -0.39 is 0 Å². The summed E-state index contributed by atoms with van der Waals surface area (Å²) in [6, 6.07) is 17.7. The van der Waals surface area contributed by atoms with Gasteiger partial charge in [-0.2, -0.15) is 0 Å². The highest BCUT2D eigenvalue weighted by Gasteiger charge is 2.29. The fourth-order valence-electron chi connectivity index (χ4n) is 3.77. The smallest absolute Gasteiger partial charge is 0.226 e. The quantitative estimate of drug-likeness (QED) is 0.730. The van der Waals surface area contributed by atoms with Crippen molar-refractivity contribution in [3.8, 4) is 0 Å². The number of benzene rings is 2. The lowest BCUT2D eigenvalue weighted by atomic mass is 9.88. The zero-order valence-electron chi connectivity index (χ0n) is 14.7. The van der Waals surface area contributed by atoms with Crippen molar-refractivity contribution in [2.24, 2.45) is 5.92 Å². The van der Waals surface area contributed by atoms with Gasteiger partial charge in [-0.05, 0) is 24.5 Å². The second kappa shape index (κ2) is 7.16. The summed E-state index contributed by atoms with van der Waals surface area (Å²) >= 11 is 0. The maximum atomic E-state index is 12.9. The van der Waals surface area contributed by atoms with Crippen LogP contribution in [0.1, 0.15) is 28.8 Å². The Balaban J connectivity index is 1.39. The van der Waals surface area contributed by atoms with Crippen molar-refractivity contribution in [3.05, 3.63) is 71.9 Å². The van der Waals surface area contributed by atoms with E-state index in [2.05, 4.69) is 4.98 Å². The Kier molecular flexibility index (Phi) is 4.57. The molecule has 4 heteroatoms. The fourth-order valence-corrected chi connectivity index (χ4v) is 3.77. The molecule has 0 unspecified atom stereocenters. The lowest BCUT2D eigenvalue weighted by Gasteiger charge is -2.31. The van der Waals surface area contributed by atoms with Gasteiger partial charge >= 0.3 is 0 Å². The highest BCUT2D eigenvalue weighted by Crippen LogP contribution is 2.26. The third kappa shape index (κ3) is 3.27. The average Bonchev–Trinajstić information content (AvgIpc) is 3.12. The second-order valence-electron chi connectivity index (χ2n) is 6.93. The van der Waals surface area contributed by atoms with Crippen LogP contribution in [0, 0.1) is 5.92 Å². The topological polar surface area (TPSA) is 53.2 Å². The van der Waals surface area contributed by atoms with E-state index in [4.69, 9.17) is 0 Å². The summed E-state index contributed by atoms with van der Waals surface area (Å²) in [4.78, 5) is 30.5. The lowest BCUT2D eigenvalue weighted by molar-refractivity contribution is -0.131. The number of nitrogens with zero attached hydrogens (tertiary/aromatic N) is 1. The standard InChI is InChI=1S/C22H22N2O2/c25-21(14-16-6-2-1-3-7-16)24-12-10-17(11-13-24)22(26)19-15-23-20-9-5-4-8-18(19)20/h1-9,15,17,23H,10-14H2. The van der Waals surface area contributed by atoms with Crippen molar-refractivity contribution < 1.29 is 9.59 Å². The SMILES string of the molecule is O=C(c1c[nH]c2ccccc12)C1CCN(C(=O)Cc2ccccc2)CC1. The van der Waals surface area contributed by atoms with E-state index in [0.29, 0.717) is 19.5 Å². The van der Waals surface area contributed by atoms with Crippen LogP contribution >= 0.6 is 0 Å². The number of carbonyl (C=O) groups excluding carboxylic acids is 2. The molecule has 132 valence electrons. The van der Waals surface area contributed by atoms with Gasteiger partial charge in [-0.3, -0.25) is 9.59 Å². The van der Waals surface area contributed by atoms with E-state index in [0.717, 1.165) is 34.9 Å². The number of Topliss-reactive ketones (excluding diaryl/α,β-unsaturated/α-hetero) is 1. The number of nitrogens with one attached hydrogen (secondary N) is 1. The van der Waals surface area contributed by atoms with Crippen molar-refractivity contribution in [1.29, 1.82) is 0 Å². The predicted molar refractivity (Wildman–Crippen MR) is 102 cm³/mol. The number of carbonyl (C=O) groups is 2. The molecule has 0 aliphatic carbocycles. The van der Waals surface area contributed by atoms with Crippen molar-refractivity contribution in [2.75, 3.05) is 13.1 Å². The van der Waals surface area contributed by atoms with Crippen LogP contribution < -0.4 is 0 Å². The number of rotatable bonds is 4. The van der Waals surface area contributed by atoms with Crippen LogP contribution in [0.15, 0.2) is 60.8 Å². The molecule has 4 nitrogen and oxygen atoms in total. The Hall–Kier alpha value is -2.88. The number of piperidine rings is 1. The van der Waals surface area contributed by atoms with Crippen LogP contribution in [0.25, 0.3) is 10.9 Å². The second-order valence-corrected chi connectivity index (χ2v) is 6.93. The molecule has 1 aliphatic heterocycles. The normalized spacial score (nSPS) is 15.3. The van der Waals surface area contributed by atoms with E-state index >= 15 is 0 Å². The molecule has 1 saturated heterocycles. The zero-order valence-corrected chi connectivity index (χ0v) is 14.7. The summed E-state index contributed by atoms with van der Waals surface area (Å²) in [6.07, 6.45) is 3.72. The van der Waals surface area contributed by atoms with Gasteiger partial charge in [0.15, 0.2) is 5.78 Å². The first-order valence-corrected chi connectivity index (χ1v) is 9.14. The first kappa shape index (κ1) is 16.6. The predicted octanol–water partition coefficient (Wildman–Crippen LogP) is 3.83. The van der Waals surface area contributed by atoms with Crippen molar-refractivity contribution >= 4 is 22.6 Å². The maximum absolute atomic E-state index is 12.9. The molecule has 0 atom stereocenters. The van der Waals surface area contributed by atoms with E-state index in [-0.39, 0.29) is 17.6 Å². The minimum absolute atomic E-state index is 0.00465. The van der Waals surface area contributed by atoms with E-state index in [1.165, 1.54) is 0 Å². The summed E-state index contributed by atoms with van der Waals surface area (Å²) in [5.41, 5.74) is 2.80. The lowest BCUT2D eigenvalue weighted by Crippen LogP contribution is -2.41. The molecule has 1 amide bonds. The first-order valence-electron chi connectivity index (χ1n) is 9.14. The number of fused-ring (bicyclic) bond motifs is 1. The number of aromatic nitrogens is 1. The molecule has 0 spiro atoms. The van der Waals surface area contributed by atoms with Gasteiger partial charge in [0.05, 0.1) is 6.42 Å². The van der Waals surface area contributed by atoms with Crippen LogP contribution in [-0.4, -0.2) is 34.7 Å². The van der Waals surface area contributed by atoms with Crippen molar-refractivity contribution in [3.63, 3.8) is 0 Å². The van der Waals surface area contributed by atoms with Gasteiger partial charge in [-0.25, -0.2) is 0 Å². The molecule has 2 heterocycles. The number of H-pyrrole nitrogens is 1. The van der Waals surface area contributed by atoms with Crippen LogP contribution in [0.3, 0.4) is 0 Å². The van der Waals surface area contributed by atoms with Crippen LogP contribution in [0.5, 0.6) is 0 Å². The summed E-state index contributed by atoms with van der Waals surface area (Å²) < 4.78 is 0. The maximum Gasteiger partial charge on any atom is 0.226 e. The number of para-hydroxylation sites is 1. The van der Waals surface area contributed by atoms with Gasteiger partial charge in [-0.15, -0.1) is 0 Å². The number of aromatic amines is 1. The Morgan fingerprint density at radius 2 is 1.65 bits per heavy atom. The highest BCUT2D eigenvalue weighted by molar-refractivity contribution is 6.08. The molecule has 0 radical (unpaired) electrons. The largest absolute Gasteiger partial charge is 0.360 e. The van der Waals surface area contributed by atoms with E-state index in [1.807, 2.05) is 65.7 Å². The van der Waals surface area contributed by atoms with Crippen molar-refractivity contribution in [2.45, 2.75) is 19.3 Å². The van der Waals surface area contributed by atoms with Gasteiger partial charge in [0, 0.05) is 41.7 Å². The van der Waals surface area contributed by atoms with Crippen LogP contribution in [0.4, 0.5) is 0 Å². The Bertz CT molecular complexity index is 921. The molecule has 1 aromatic heterocycles. The Labute approximate surface area is 152 Å². The molecule has 2 aromatic carbocycles. The Morgan fingerprint density at radius 1 is 0.962 bits per heavy atom. The zero-order chi connectivity index (χ0) is 17.9. The van der Waals surface area contributed by atoms with E-state index in [1.54, 1.807) is 0 Å². The van der Waals surface area contributed by atoms with Gasteiger partial charge in [0.2, 0.25) is 5.91 Å². The fraction of sp³-hybridized carbons (Fsp3) is 0.273. The molecule has 1 aliphatic rings. The number of likely N-dealkylation sites (tertiary alicyclic amines) is 1. The third-order valence-electron chi connectivity index (χ3n) is 5.27. The van der Waals surface area contributed by atoms with Crippen molar-refractivity contribution in [1.82, 2.24) is 9.88 Å². The minimum Gasteiger partial charge on any atom is -0.360 e. The summed E-state index contributed by atoms with van der Waals surface area (Å²) in [7, 11) is 0. The van der Waals surface area contributed by atoms with Gasteiger partial charge in [-0.1, -0.05) is 48.5 Å². The summed E-state index contributed by atoms with van der Waals surface area (Å²) in [5.74, 6) is 0.335. The minimum atomic E-state index is -0.00465. The molecule has 0 saturated carbocycles. The molecule has 4 rings (SSSR count). The highest BCUT2D eigenvalue weighted by atomic mass is 16.2. The first-order chi connectivity index (χ1) is 12.7. The number of amides is 1. The number of ketones is 1. The summed E-state index contributed by atoms with van der Waals surface area (Å²) in [6.45, 7) is 1.31. The van der Waals surface area contributed by atoms with Crippen LogP contribution in [0.2, 0.25) is 0 Å². The van der Waals surface area contributed by atoms with Gasteiger partial charge in [0.1, 0.15) is 0 Å².